The van der Waals surface area contributed by atoms with Gasteiger partial charge in [-0.15, -0.1) is 0 Å². The summed E-state index contributed by atoms with van der Waals surface area (Å²) in [6.07, 6.45) is 3.24. The number of imide groups is 1. The number of amides is 4. The van der Waals surface area contributed by atoms with Gasteiger partial charge in [-0.25, -0.2) is 13.2 Å². The van der Waals surface area contributed by atoms with Crippen molar-refractivity contribution >= 4 is 27.7 Å². The summed E-state index contributed by atoms with van der Waals surface area (Å²) in [7, 11) is -3.20. The Morgan fingerprint density at radius 3 is 2.45 bits per heavy atom. The van der Waals surface area contributed by atoms with Crippen LogP contribution in [0.3, 0.4) is 0 Å². The van der Waals surface area contributed by atoms with Crippen molar-refractivity contribution in [1.29, 1.82) is 0 Å². The highest BCUT2D eigenvalue weighted by atomic mass is 32.2. The van der Waals surface area contributed by atoms with Crippen LogP contribution in [0.15, 0.2) is 30.3 Å². The van der Waals surface area contributed by atoms with Crippen LogP contribution < -0.4 is 5.32 Å². The molecule has 2 heterocycles. The molecule has 0 aromatic heterocycles. The van der Waals surface area contributed by atoms with Crippen molar-refractivity contribution in [2.45, 2.75) is 57.2 Å². The SMILES string of the molecule is CC1CCC2(CC1)NC(=O)N(CC(=O)N(Cc1ccccc1)[C@H]1CCS(=O)(=O)C1)C2=O. The number of carbonyl (C=O) groups is 3. The molecule has 4 amide bonds. The summed E-state index contributed by atoms with van der Waals surface area (Å²) in [4.78, 5) is 41.5. The fraction of sp³-hybridized carbons (Fsp3) is 0.591. The second-order valence-electron chi connectivity index (χ2n) is 9.15. The first-order chi connectivity index (χ1) is 14.7. The minimum atomic E-state index is -3.20. The largest absolute Gasteiger partial charge is 0.333 e. The second kappa shape index (κ2) is 8.26. The molecule has 1 aromatic rings. The quantitative estimate of drug-likeness (QED) is 0.692. The summed E-state index contributed by atoms with van der Waals surface area (Å²) < 4.78 is 24.1. The first-order valence-corrected chi connectivity index (χ1v) is 12.7. The van der Waals surface area contributed by atoms with Gasteiger partial charge in [-0.2, -0.15) is 0 Å². The Labute approximate surface area is 182 Å². The highest BCUT2D eigenvalue weighted by Gasteiger charge is 2.52. The van der Waals surface area contributed by atoms with E-state index in [4.69, 9.17) is 0 Å². The molecule has 9 heteroatoms. The van der Waals surface area contributed by atoms with Crippen LogP contribution >= 0.6 is 0 Å². The third kappa shape index (κ3) is 4.46. The van der Waals surface area contributed by atoms with E-state index in [0.717, 1.165) is 23.3 Å². The normalized spacial score (nSPS) is 29.9. The highest BCUT2D eigenvalue weighted by molar-refractivity contribution is 7.91. The van der Waals surface area contributed by atoms with E-state index in [1.54, 1.807) is 0 Å². The molecule has 3 fully saturated rings. The molecule has 1 saturated carbocycles. The fourth-order valence-corrected chi connectivity index (χ4v) is 6.59. The number of rotatable bonds is 5. The lowest BCUT2D eigenvalue weighted by molar-refractivity contribution is -0.141. The fourth-order valence-electron chi connectivity index (χ4n) is 4.86. The van der Waals surface area contributed by atoms with E-state index < -0.39 is 33.4 Å². The third-order valence-corrected chi connectivity index (χ3v) is 8.58. The lowest BCUT2D eigenvalue weighted by Crippen LogP contribution is -2.50. The van der Waals surface area contributed by atoms with Crippen molar-refractivity contribution < 1.29 is 22.8 Å². The molecular weight excluding hydrogens is 418 g/mol. The van der Waals surface area contributed by atoms with Crippen LogP contribution in [0.25, 0.3) is 0 Å². The zero-order valence-electron chi connectivity index (χ0n) is 17.7. The number of hydrogen-bond donors (Lipinski definition) is 1. The zero-order chi connectivity index (χ0) is 22.2. The highest BCUT2D eigenvalue weighted by Crippen LogP contribution is 2.36. The molecule has 168 valence electrons. The summed E-state index contributed by atoms with van der Waals surface area (Å²) in [5.74, 6) is -0.280. The molecule has 4 rings (SSSR count). The zero-order valence-corrected chi connectivity index (χ0v) is 18.6. The van der Waals surface area contributed by atoms with Crippen molar-refractivity contribution in [3.8, 4) is 0 Å². The number of nitrogens with one attached hydrogen (secondary N) is 1. The van der Waals surface area contributed by atoms with Crippen molar-refractivity contribution in [2.24, 2.45) is 5.92 Å². The van der Waals surface area contributed by atoms with E-state index in [9.17, 15) is 22.8 Å². The molecule has 0 bridgehead atoms. The average Bonchev–Trinajstić information content (AvgIpc) is 3.21. The summed E-state index contributed by atoms with van der Waals surface area (Å²) in [5, 5.41) is 2.84. The van der Waals surface area contributed by atoms with Crippen molar-refractivity contribution in [1.82, 2.24) is 15.1 Å². The first-order valence-electron chi connectivity index (χ1n) is 10.9. The molecule has 2 aliphatic heterocycles. The minimum absolute atomic E-state index is 0.0423. The smallest absolute Gasteiger partial charge is 0.325 e. The van der Waals surface area contributed by atoms with Crippen molar-refractivity contribution in [3.05, 3.63) is 35.9 Å². The van der Waals surface area contributed by atoms with Gasteiger partial charge in [0.25, 0.3) is 5.91 Å². The van der Waals surface area contributed by atoms with Crippen LogP contribution in [-0.2, 0) is 26.0 Å². The Morgan fingerprint density at radius 2 is 1.84 bits per heavy atom. The van der Waals surface area contributed by atoms with Gasteiger partial charge in [-0.3, -0.25) is 14.5 Å². The van der Waals surface area contributed by atoms with Gasteiger partial charge in [0.1, 0.15) is 12.1 Å². The van der Waals surface area contributed by atoms with Gasteiger partial charge in [0.05, 0.1) is 11.5 Å². The van der Waals surface area contributed by atoms with Gasteiger partial charge in [0.15, 0.2) is 9.84 Å². The number of urea groups is 1. The first kappa shape index (κ1) is 21.8. The lowest BCUT2D eigenvalue weighted by atomic mass is 9.77. The molecule has 0 radical (unpaired) electrons. The van der Waals surface area contributed by atoms with Gasteiger partial charge in [0.2, 0.25) is 5.91 Å². The monoisotopic (exact) mass is 447 g/mol. The van der Waals surface area contributed by atoms with E-state index in [-0.39, 0.29) is 30.5 Å². The van der Waals surface area contributed by atoms with Crippen LogP contribution in [0, 0.1) is 5.92 Å². The maximum Gasteiger partial charge on any atom is 0.325 e. The molecule has 2 saturated heterocycles. The number of sulfone groups is 1. The molecule has 1 N–H and O–H groups in total. The Balaban J connectivity index is 1.52. The Bertz CT molecular complexity index is 970. The van der Waals surface area contributed by atoms with Crippen LogP contribution in [0.1, 0.15) is 44.6 Å². The van der Waals surface area contributed by atoms with E-state index in [1.807, 2.05) is 30.3 Å². The van der Waals surface area contributed by atoms with Gasteiger partial charge in [-0.05, 0) is 43.6 Å². The van der Waals surface area contributed by atoms with Crippen LogP contribution in [0.5, 0.6) is 0 Å². The maximum absolute atomic E-state index is 13.3. The molecule has 1 atom stereocenters. The molecule has 1 spiro atoms. The number of carbonyl (C=O) groups excluding carboxylic acids is 3. The summed E-state index contributed by atoms with van der Waals surface area (Å²) in [5.41, 5.74) is -0.0275. The molecule has 1 aliphatic carbocycles. The van der Waals surface area contributed by atoms with E-state index >= 15 is 0 Å². The third-order valence-electron chi connectivity index (χ3n) is 6.83. The predicted molar refractivity (Wildman–Crippen MR) is 115 cm³/mol. The van der Waals surface area contributed by atoms with Gasteiger partial charge >= 0.3 is 6.03 Å². The van der Waals surface area contributed by atoms with Crippen molar-refractivity contribution in [2.75, 3.05) is 18.1 Å². The number of nitrogens with zero attached hydrogens (tertiary/aromatic N) is 2. The number of benzene rings is 1. The summed E-state index contributed by atoms with van der Waals surface area (Å²) in [6, 6.07) is 8.33. The minimum Gasteiger partial charge on any atom is -0.333 e. The van der Waals surface area contributed by atoms with E-state index in [0.29, 0.717) is 25.2 Å². The molecule has 0 unspecified atom stereocenters. The molecule has 3 aliphatic rings. The lowest BCUT2D eigenvalue weighted by Gasteiger charge is -2.34. The summed E-state index contributed by atoms with van der Waals surface area (Å²) in [6.45, 7) is 2.00. The Morgan fingerprint density at radius 1 is 1.16 bits per heavy atom. The van der Waals surface area contributed by atoms with E-state index in [1.165, 1.54) is 4.90 Å². The van der Waals surface area contributed by atoms with Crippen LogP contribution in [0.4, 0.5) is 4.79 Å². The van der Waals surface area contributed by atoms with E-state index in [2.05, 4.69) is 12.2 Å². The molecular formula is C22H29N3O5S. The molecule has 1 aromatic carbocycles. The molecule has 8 nitrogen and oxygen atoms in total. The Kier molecular flexibility index (Phi) is 5.81. The van der Waals surface area contributed by atoms with Gasteiger partial charge < -0.3 is 10.2 Å². The molecule has 31 heavy (non-hydrogen) atoms. The topological polar surface area (TPSA) is 104 Å². The van der Waals surface area contributed by atoms with Crippen molar-refractivity contribution in [3.63, 3.8) is 0 Å². The second-order valence-corrected chi connectivity index (χ2v) is 11.4. The van der Waals surface area contributed by atoms with Crippen LogP contribution in [0.2, 0.25) is 0 Å². The van der Waals surface area contributed by atoms with Gasteiger partial charge in [-0.1, -0.05) is 37.3 Å². The predicted octanol–water partition coefficient (Wildman–Crippen LogP) is 1.70. The maximum atomic E-state index is 13.3. The average molecular weight is 448 g/mol. The van der Waals surface area contributed by atoms with Gasteiger partial charge in [0, 0.05) is 12.6 Å². The standard InChI is InChI=1S/C22H29N3O5S/c1-16-7-10-22(11-8-16)20(27)25(21(28)23-22)14-19(26)24(13-17-5-3-2-4-6-17)18-9-12-31(29,30)15-18/h2-6,16,18H,7-15H2,1H3,(H,23,28)/t16?,18-,22?/m0/s1. The Hall–Kier alpha value is -2.42. The van der Waals surface area contributed by atoms with Crippen LogP contribution in [-0.4, -0.2) is 65.7 Å². The number of hydrogen-bond acceptors (Lipinski definition) is 5. The summed E-state index contributed by atoms with van der Waals surface area (Å²) >= 11 is 0.